The van der Waals surface area contributed by atoms with Gasteiger partial charge in [-0.25, -0.2) is 0 Å². The standard InChI is InChI=1S/C11H14N2O4/c1-17-9-5-7(13(15)16)4-8(11(9)14)10(12)6-2-3-6/h4-6,10,14H,2-3,12H2,1H3/t10-/m1/s1. The number of aromatic hydroxyl groups is 1. The van der Waals surface area contributed by atoms with E-state index >= 15 is 0 Å². The number of benzene rings is 1. The first-order chi connectivity index (χ1) is 8.04. The molecule has 0 aromatic heterocycles. The van der Waals surface area contributed by atoms with Crippen molar-refractivity contribution in [2.45, 2.75) is 18.9 Å². The Labute approximate surface area is 98.2 Å². The van der Waals surface area contributed by atoms with Gasteiger partial charge in [0.25, 0.3) is 5.69 Å². The number of ether oxygens (including phenoxy) is 1. The Kier molecular flexibility index (Phi) is 2.89. The number of nitrogens with two attached hydrogens (primary N) is 1. The molecule has 0 spiro atoms. The van der Waals surface area contributed by atoms with E-state index in [1.165, 1.54) is 19.2 Å². The number of nitrogens with zero attached hydrogens (tertiary/aromatic N) is 1. The lowest BCUT2D eigenvalue weighted by atomic mass is 10.0. The van der Waals surface area contributed by atoms with Crippen LogP contribution in [0, 0.1) is 16.0 Å². The van der Waals surface area contributed by atoms with Gasteiger partial charge in [-0.15, -0.1) is 0 Å². The van der Waals surface area contributed by atoms with Gasteiger partial charge in [-0.3, -0.25) is 10.1 Å². The summed E-state index contributed by atoms with van der Waals surface area (Å²) >= 11 is 0. The van der Waals surface area contributed by atoms with E-state index in [1.54, 1.807) is 0 Å². The first-order valence-corrected chi connectivity index (χ1v) is 5.35. The van der Waals surface area contributed by atoms with Crippen LogP contribution in [0.15, 0.2) is 12.1 Å². The van der Waals surface area contributed by atoms with E-state index in [0.717, 1.165) is 12.8 Å². The first-order valence-electron chi connectivity index (χ1n) is 5.35. The highest BCUT2D eigenvalue weighted by molar-refractivity contribution is 5.54. The van der Waals surface area contributed by atoms with Gasteiger partial charge < -0.3 is 15.6 Å². The zero-order valence-corrected chi connectivity index (χ0v) is 9.42. The molecule has 0 unspecified atom stereocenters. The lowest BCUT2D eigenvalue weighted by Gasteiger charge is -2.14. The number of rotatable bonds is 4. The predicted molar refractivity (Wildman–Crippen MR) is 61.0 cm³/mol. The third kappa shape index (κ3) is 2.16. The van der Waals surface area contributed by atoms with Gasteiger partial charge in [-0.2, -0.15) is 0 Å². The highest BCUT2D eigenvalue weighted by Gasteiger charge is 2.33. The maximum Gasteiger partial charge on any atom is 0.273 e. The van der Waals surface area contributed by atoms with Crippen LogP contribution in [-0.4, -0.2) is 17.1 Å². The van der Waals surface area contributed by atoms with Gasteiger partial charge in [0.1, 0.15) is 0 Å². The van der Waals surface area contributed by atoms with Crippen LogP contribution in [0.3, 0.4) is 0 Å². The zero-order chi connectivity index (χ0) is 12.6. The van der Waals surface area contributed by atoms with Gasteiger partial charge in [0, 0.05) is 17.7 Å². The molecule has 0 aliphatic heterocycles. The Bertz CT molecular complexity index is 457. The average Bonchev–Trinajstić information content (AvgIpc) is 3.12. The molecule has 6 heteroatoms. The summed E-state index contributed by atoms with van der Waals surface area (Å²) < 4.78 is 4.92. The topological polar surface area (TPSA) is 98.6 Å². The normalized spacial score (nSPS) is 16.6. The second kappa shape index (κ2) is 4.21. The molecular weight excluding hydrogens is 224 g/mol. The molecule has 3 N–H and O–H groups in total. The molecule has 1 aromatic rings. The maximum absolute atomic E-state index is 10.8. The van der Waals surface area contributed by atoms with Crippen molar-refractivity contribution in [3.8, 4) is 11.5 Å². The van der Waals surface area contributed by atoms with E-state index in [9.17, 15) is 15.2 Å². The molecule has 1 fully saturated rings. The molecule has 0 heterocycles. The molecule has 6 nitrogen and oxygen atoms in total. The molecule has 0 bridgehead atoms. The van der Waals surface area contributed by atoms with Gasteiger partial charge in [-0.05, 0) is 18.8 Å². The Morgan fingerprint density at radius 2 is 2.24 bits per heavy atom. The first kappa shape index (κ1) is 11.7. The van der Waals surface area contributed by atoms with Gasteiger partial charge in [0.05, 0.1) is 18.1 Å². The minimum Gasteiger partial charge on any atom is -0.504 e. The summed E-state index contributed by atoms with van der Waals surface area (Å²) in [4.78, 5) is 10.2. The lowest BCUT2D eigenvalue weighted by Crippen LogP contribution is -2.13. The summed E-state index contributed by atoms with van der Waals surface area (Å²) in [6.45, 7) is 0. The number of non-ortho nitro benzene ring substituents is 1. The minimum atomic E-state index is -0.523. The quantitative estimate of drug-likeness (QED) is 0.614. The van der Waals surface area contributed by atoms with Crippen molar-refractivity contribution in [2.24, 2.45) is 11.7 Å². The van der Waals surface area contributed by atoms with Crippen molar-refractivity contribution >= 4 is 5.69 Å². The van der Waals surface area contributed by atoms with Gasteiger partial charge in [0.15, 0.2) is 11.5 Å². The molecule has 1 aliphatic rings. The van der Waals surface area contributed by atoms with Crippen LogP contribution in [0.2, 0.25) is 0 Å². The van der Waals surface area contributed by atoms with Crippen LogP contribution in [0.5, 0.6) is 11.5 Å². The summed E-state index contributed by atoms with van der Waals surface area (Å²) in [7, 11) is 1.35. The largest absolute Gasteiger partial charge is 0.504 e. The molecule has 2 rings (SSSR count). The van der Waals surface area contributed by atoms with Crippen LogP contribution >= 0.6 is 0 Å². The monoisotopic (exact) mass is 238 g/mol. The van der Waals surface area contributed by atoms with Crippen molar-refractivity contribution in [1.82, 2.24) is 0 Å². The number of nitro groups is 1. The van der Waals surface area contributed by atoms with E-state index < -0.39 is 4.92 Å². The van der Waals surface area contributed by atoms with Gasteiger partial charge >= 0.3 is 0 Å². The molecule has 92 valence electrons. The van der Waals surface area contributed by atoms with E-state index in [4.69, 9.17) is 10.5 Å². The van der Waals surface area contributed by atoms with Crippen molar-refractivity contribution in [1.29, 1.82) is 0 Å². The Morgan fingerprint density at radius 3 is 2.71 bits per heavy atom. The number of methoxy groups -OCH3 is 1. The Morgan fingerprint density at radius 1 is 1.59 bits per heavy atom. The maximum atomic E-state index is 10.8. The van der Waals surface area contributed by atoms with E-state index in [0.29, 0.717) is 11.5 Å². The van der Waals surface area contributed by atoms with E-state index in [1.807, 2.05) is 0 Å². The fourth-order valence-corrected chi connectivity index (χ4v) is 1.84. The number of hydrogen-bond donors (Lipinski definition) is 2. The van der Waals surface area contributed by atoms with Crippen molar-refractivity contribution in [2.75, 3.05) is 7.11 Å². The Hall–Kier alpha value is -1.82. The van der Waals surface area contributed by atoms with Crippen LogP contribution in [-0.2, 0) is 0 Å². The van der Waals surface area contributed by atoms with E-state index in [-0.39, 0.29) is 23.2 Å². The molecule has 0 amide bonds. The molecule has 1 aromatic carbocycles. The third-order valence-corrected chi connectivity index (χ3v) is 3.01. The predicted octanol–water partition coefficient (Wildman–Crippen LogP) is 1.72. The third-order valence-electron chi connectivity index (χ3n) is 3.01. The number of phenolic OH excluding ortho intramolecular Hbond substituents is 1. The fraction of sp³-hybridized carbons (Fsp3) is 0.455. The summed E-state index contributed by atoms with van der Waals surface area (Å²) in [5.41, 5.74) is 6.22. The molecule has 1 atom stereocenters. The second-order valence-corrected chi connectivity index (χ2v) is 4.21. The second-order valence-electron chi connectivity index (χ2n) is 4.21. The summed E-state index contributed by atoms with van der Waals surface area (Å²) in [5.74, 6) is 0.287. The van der Waals surface area contributed by atoms with Crippen LogP contribution in [0.4, 0.5) is 5.69 Å². The summed E-state index contributed by atoms with van der Waals surface area (Å²) in [6, 6.07) is 2.14. The molecular formula is C11H14N2O4. The van der Waals surface area contributed by atoms with Crippen LogP contribution < -0.4 is 10.5 Å². The number of nitro benzene ring substituents is 1. The van der Waals surface area contributed by atoms with Crippen molar-refractivity contribution in [3.05, 3.63) is 27.8 Å². The molecule has 0 radical (unpaired) electrons. The SMILES string of the molecule is COc1cc([N+](=O)[O-])cc([C@H](N)C2CC2)c1O. The van der Waals surface area contributed by atoms with Crippen LogP contribution in [0.25, 0.3) is 0 Å². The molecule has 1 aliphatic carbocycles. The zero-order valence-electron chi connectivity index (χ0n) is 9.42. The smallest absolute Gasteiger partial charge is 0.273 e. The van der Waals surface area contributed by atoms with E-state index in [2.05, 4.69) is 0 Å². The number of hydrogen-bond acceptors (Lipinski definition) is 5. The molecule has 17 heavy (non-hydrogen) atoms. The Balaban J connectivity index is 2.47. The summed E-state index contributed by atoms with van der Waals surface area (Å²) in [6.07, 6.45) is 1.98. The van der Waals surface area contributed by atoms with Crippen LogP contribution in [0.1, 0.15) is 24.4 Å². The number of phenols is 1. The highest BCUT2D eigenvalue weighted by atomic mass is 16.6. The van der Waals surface area contributed by atoms with Gasteiger partial charge in [0.2, 0.25) is 0 Å². The lowest BCUT2D eigenvalue weighted by molar-refractivity contribution is -0.385. The molecule has 1 saturated carbocycles. The molecule has 0 saturated heterocycles. The minimum absolute atomic E-state index is 0.0882. The van der Waals surface area contributed by atoms with Gasteiger partial charge in [-0.1, -0.05) is 0 Å². The average molecular weight is 238 g/mol. The van der Waals surface area contributed by atoms with Crippen molar-refractivity contribution in [3.63, 3.8) is 0 Å². The van der Waals surface area contributed by atoms with Crippen molar-refractivity contribution < 1.29 is 14.8 Å². The summed E-state index contributed by atoms with van der Waals surface area (Å²) in [5, 5.41) is 20.7. The fourth-order valence-electron chi connectivity index (χ4n) is 1.84. The highest BCUT2D eigenvalue weighted by Crippen LogP contribution is 2.45.